The molecule has 0 radical (unpaired) electrons. The fourth-order valence-corrected chi connectivity index (χ4v) is 2.48. The van der Waals surface area contributed by atoms with Crippen LogP contribution in [0.5, 0.6) is 5.75 Å². The number of nitrogens with one attached hydrogen (secondary N) is 1. The zero-order valence-electron chi connectivity index (χ0n) is 12.9. The number of halogens is 1. The average Bonchev–Trinajstić information content (AvgIpc) is 2.59. The SMILES string of the molecule is NNC(=O)CCCCCOc1ccc(-c2ccccc2)cc1Cl. The molecule has 5 heteroatoms. The predicted octanol–water partition coefficient (Wildman–Crippen LogP) is 3.94. The summed E-state index contributed by atoms with van der Waals surface area (Å²) in [5, 5.41) is 0.605. The third-order valence-corrected chi connectivity index (χ3v) is 3.80. The molecule has 0 aliphatic carbocycles. The first-order valence-corrected chi connectivity index (χ1v) is 8.05. The molecular formula is C18H21ClN2O2. The first-order chi connectivity index (χ1) is 11.2. The summed E-state index contributed by atoms with van der Waals surface area (Å²) < 4.78 is 5.70. The van der Waals surface area contributed by atoms with Crippen LogP contribution in [0.3, 0.4) is 0 Å². The maximum atomic E-state index is 11.0. The number of amides is 1. The molecule has 0 heterocycles. The number of hydrazine groups is 1. The Bertz CT molecular complexity index is 632. The second-order valence-electron chi connectivity index (χ2n) is 5.24. The maximum absolute atomic E-state index is 11.0. The summed E-state index contributed by atoms with van der Waals surface area (Å²) in [7, 11) is 0. The van der Waals surface area contributed by atoms with Crippen LogP contribution in [-0.4, -0.2) is 12.5 Å². The van der Waals surface area contributed by atoms with Crippen molar-refractivity contribution >= 4 is 17.5 Å². The zero-order chi connectivity index (χ0) is 16.5. The van der Waals surface area contributed by atoms with Crippen LogP contribution in [0.15, 0.2) is 48.5 Å². The van der Waals surface area contributed by atoms with E-state index in [1.165, 1.54) is 0 Å². The van der Waals surface area contributed by atoms with E-state index in [0.717, 1.165) is 30.4 Å². The highest BCUT2D eigenvalue weighted by molar-refractivity contribution is 6.32. The summed E-state index contributed by atoms with van der Waals surface area (Å²) in [5.74, 6) is 5.57. The monoisotopic (exact) mass is 332 g/mol. The van der Waals surface area contributed by atoms with Crippen LogP contribution in [-0.2, 0) is 4.79 Å². The van der Waals surface area contributed by atoms with Crippen molar-refractivity contribution in [2.75, 3.05) is 6.61 Å². The van der Waals surface area contributed by atoms with Gasteiger partial charge in [-0.2, -0.15) is 0 Å². The maximum Gasteiger partial charge on any atom is 0.233 e. The van der Waals surface area contributed by atoms with E-state index in [9.17, 15) is 4.79 Å². The Balaban J connectivity index is 1.79. The number of rotatable bonds is 8. The van der Waals surface area contributed by atoms with Gasteiger partial charge >= 0.3 is 0 Å². The lowest BCUT2D eigenvalue weighted by Gasteiger charge is -2.10. The molecule has 0 fully saturated rings. The number of ether oxygens (including phenoxy) is 1. The minimum Gasteiger partial charge on any atom is -0.492 e. The van der Waals surface area contributed by atoms with Crippen molar-refractivity contribution in [1.82, 2.24) is 5.43 Å². The molecule has 0 saturated carbocycles. The topological polar surface area (TPSA) is 64.3 Å². The third-order valence-electron chi connectivity index (χ3n) is 3.51. The van der Waals surface area contributed by atoms with Gasteiger partial charge in [-0.1, -0.05) is 48.0 Å². The first-order valence-electron chi connectivity index (χ1n) is 7.68. The molecule has 1 amide bonds. The highest BCUT2D eigenvalue weighted by Crippen LogP contribution is 2.30. The fourth-order valence-electron chi connectivity index (χ4n) is 2.25. The van der Waals surface area contributed by atoms with Crippen molar-refractivity contribution in [3.05, 3.63) is 53.6 Å². The van der Waals surface area contributed by atoms with E-state index in [2.05, 4.69) is 5.43 Å². The van der Waals surface area contributed by atoms with E-state index in [1.807, 2.05) is 48.5 Å². The van der Waals surface area contributed by atoms with Crippen molar-refractivity contribution in [2.45, 2.75) is 25.7 Å². The van der Waals surface area contributed by atoms with Crippen molar-refractivity contribution in [1.29, 1.82) is 0 Å². The van der Waals surface area contributed by atoms with Crippen molar-refractivity contribution < 1.29 is 9.53 Å². The summed E-state index contributed by atoms with van der Waals surface area (Å²) in [6, 6.07) is 15.9. The van der Waals surface area contributed by atoms with E-state index >= 15 is 0 Å². The summed E-state index contributed by atoms with van der Waals surface area (Å²) in [6.07, 6.45) is 3.03. The molecule has 0 spiro atoms. The van der Waals surface area contributed by atoms with Crippen LogP contribution >= 0.6 is 11.6 Å². The normalized spacial score (nSPS) is 10.3. The van der Waals surface area contributed by atoms with Crippen LogP contribution < -0.4 is 16.0 Å². The number of unbranched alkanes of at least 4 members (excludes halogenated alkanes) is 2. The molecule has 23 heavy (non-hydrogen) atoms. The van der Waals surface area contributed by atoms with Crippen molar-refractivity contribution in [3.63, 3.8) is 0 Å². The molecule has 122 valence electrons. The van der Waals surface area contributed by atoms with Gasteiger partial charge in [-0.25, -0.2) is 5.84 Å². The highest BCUT2D eigenvalue weighted by atomic mass is 35.5. The van der Waals surface area contributed by atoms with E-state index in [0.29, 0.717) is 23.8 Å². The standard InChI is InChI=1S/C18H21ClN2O2/c19-16-13-15(14-7-3-1-4-8-14)10-11-17(16)23-12-6-2-5-9-18(22)21-20/h1,3-4,7-8,10-11,13H,2,5-6,9,12,20H2,(H,21,22). The number of benzene rings is 2. The van der Waals surface area contributed by atoms with Crippen LogP contribution in [0.1, 0.15) is 25.7 Å². The minimum atomic E-state index is -0.134. The molecule has 4 nitrogen and oxygen atoms in total. The van der Waals surface area contributed by atoms with Crippen LogP contribution in [0.25, 0.3) is 11.1 Å². The van der Waals surface area contributed by atoms with Gasteiger partial charge in [0.1, 0.15) is 5.75 Å². The van der Waals surface area contributed by atoms with Crippen LogP contribution in [0, 0.1) is 0 Å². The Labute approximate surface area is 141 Å². The number of carbonyl (C=O) groups excluding carboxylic acids is 1. The molecular weight excluding hydrogens is 312 g/mol. The zero-order valence-corrected chi connectivity index (χ0v) is 13.7. The Hall–Kier alpha value is -2.04. The molecule has 2 rings (SSSR count). The summed E-state index contributed by atoms with van der Waals surface area (Å²) >= 11 is 6.29. The second kappa shape index (κ2) is 9.18. The molecule has 0 bridgehead atoms. The Morgan fingerprint density at radius 2 is 1.83 bits per heavy atom. The van der Waals surface area contributed by atoms with Gasteiger partial charge in [-0.05, 0) is 42.5 Å². The van der Waals surface area contributed by atoms with Gasteiger partial charge in [-0.3, -0.25) is 10.2 Å². The van der Waals surface area contributed by atoms with Gasteiger partial charge in [0.05, 0.1) is 11.6 Å². The highest BCUT2D eigenvalue weighted by Gasteiger charge is 2.05. The predicted molar refractivity (Wildman–Crippen MR) is 93.2 cm³/mol. The van der Waals surface area contributed by atoms with E-state index < -0.39 is 0 Å². The summed E-state index contributed by atoms with van der Waals surface area (Å²) in [5.41, 5.74) is 4.31. The quantitative estimate of drug-likeness (QED) is 0.333. The number of nitrogens with two attached hydrogens (primary N) is 1. The lowest BCUT2D eigenvalue weighted by molar-refractivity contribution is -0.121. The van der Waals surface area contributed by atoms with E-state index in [1.54, 1.807) is 0 Å². The Morgan fingerprint density at radius 3 is 2.52 bits per heavy atom. The van der Waals surface area contributed by atoms with E-state index in [4.69, 9.17) is 22.2 Å². The molecule has 0 atom stereocenters. The first kappa shape index (κ1) is 17.3. The average molecular weight is 333 g/mol. The number of hydrogen-bond donors (Lipinski definition) is 2. The molecule has 2 aromatic carbocycles. The molecule has 0 aliphatic rings. The van der Waals surface area contributed by atoms with Gasteiger partial charge in [0.25, 0.3) is 0 Å². The molecule has 2 aromatic rings. The number of hydrogen-bond acceptors (Lipinski definition) is 3. The minimum absolute atomic E-state index is 0.134. The number of carbonyl (C=O) groups is 1. The van der Waals surface area contributed by atoms with Crippen LogP contribution in [0.4, 0.5) is 0 Å². The molecule has 0 unspecified atom stereocenters. The molecule has 0 saturated heterocycles. The lowest BCUT2D eigenvalue weighted by atomic mass is 10.1. The molecule has 3 N–H and O–H groups in total. The van der Waals surface area contributed by atoms with Gasteiger partial charge in [-0.15, -0.1) is 0 Å². The van der Waals surface area contributed by atoms with Crippen molar-refractivity contribution in [3.8, 4) is 16.9 Å². The summed E-state index contributed by atoms with van der Waals surface area (Å²) in [6.45, 7) is 0.578. The second-order valence-corrected chi connectivity index (χ2v) is 5.65. The van der Waals surface area contributed by atoms with Gasteiger partial charge < -0.3 is 4.74 Å². The largest absolute Gasteiger partial charge is 0.492 e. The van der Waals surface area contributed by atoms with Crippen molar-refractivity contribution in [2.24, 2.45) is 5.84 Å². The summed E-state index contributed by atoms with van der Waals surface area (Å²) in [4.78, 5) is 11.0. The molecule has 0 aromatic heterocycles. The van der Waals surface area contributed by atoms with Crippen LogP contribution in [0.2, 0.25) is 5.02 Å². The lowest BCUT2D eigenvalue weighted by Crippen LogP contribution is -2.29. The Kier molecular flexibility index (Phi) is 6.91. The fraction of sp³-hybridized carbons (Fsp3) is 0.278. The molecule has 0 aliphatic heterocycles. The van der Waals surface area contributed by atoms with Gasteiger partial charge in [0.15, 0.2) is 0 Å². The Morgan fingerprint density at radius 1 is 1.04 bits per heavy atom. The third kappa shape index (κ3) is 5.58. The van der Waals surface area contributed by atoms with Gasteiger partial charge in [0, 0.05) is 6.42 Å². The van der Waals surface area contributed by atoms with Gasteiger partial charge in [0.2, 0.25) is 5.91 Å². The smallest absolute Gasteiger partial charge is 0.233 e. The van der Waals surface area contributed by atoms with E-state index in [-0.39, 0.29) is 5.91 Å².